The molecule has 0 aliphatic rings. The minimum atomic E-state index is -2.01. The molecule has 0 aromatic rings. The zero-order valence-corrected chi connectivity index (χ0v) is 51.4. The lowest BCUT2D eigenvalue weighted by Gasteiger charge is -2.30. The van der Waals surface area contributed by atoms with Crippen LogP contribution < -0.4 is 58.5 Å². The van der Waals surface area contributed by atoms with E-state index in [9.17, 15) is 113 Å². The molecule has 0 spiro atoms. The molecular weight excluding hydrogens is 1200 g/mol. The summed E-state index contributed by atoms with van der Waals surface area (Å²) in [6.07, 6.45) is -10.2. The number of carbonyl (C=O) groups is 15. The van der Waals surface area contributed by atoms with Crippen LogP contribution in [0.5, 0.6) is 0 Å². The second kappa shape index (κ2) is 41.9. The number of aliphatic carboxylic acids is 6. The van der Waals surface area contributed by atoms with Crippen molar-refractivity contribution >= 4 is 100 Å². The van der Waals surface area contributed by atoms with E-state index in [1.807, 2.05) is 32.6 Å². The van der Waals surface area contributed by atoms with Crippen LogP contribution in [0.4, 0.5) is 0 Å². The highest BCUT2D eigenvalue weighted by Crippen LogP contribution is 2.11. The summed E-state index contributed by atoms with van der Waals surface area (Å²) in [5, 5.41) is 108. The zero-order chi connectivity index (χ0) is 68.9. The summed E-state index contributed by atoms with van der Waals surface area (Å²) < 4.78 is 0. The normalized spacial score (nSPS) is 13.7. The first kappa shape index (κ1) is 80.9. The number of carbonyl (C=O) groups excluding carboxylic acids is 9. The topological polar surface area (TPSA) is 578 Å². The van der Waals surface area contributed by atoms with Gasteiger partial charge in [0.1, 0.15) is 36.3 Å². The molecule has 6 unspecified atom stereocenters. The van der Waals surface area contributed by atoms with Crippen molar-refractivity contribution in [1.29, 1.82) is 0 Å². The van der Waals surface area contributed by atoms with Gasteiger partial charge >= 0.3 is 35.8 Å². The molecular formula is C53H88N14O23. The lowest BCUT2D eigenvalue weighted by atomic mass is 9.99. The molecule has 0 bridgehead atoms. The summed E-state index contributed by atoms with van der Waals surface area (Å²) in [5.74, 6) is -19.0. The van der Waals surface area contributed by atoms with Crippen molar-refractivity contribution in [2.24, 2.45) is 10.3 Å². The third-order valence-electron chi connectivity index (χ3n) is 13.8. The molecule has 0 fully saturated rings. The molecule has 0 radical (unpaired) electrons. The predicted molar refractivity (Wildman–Crippen MR) is 313 cm³/mol. The van der Waals surface area contributed by atoms with Gasteiger partial charge in [0.15, 0.2) is 0 Å². The van der Waals surface area contributed by atoms with Crippen LogP contribution in [0.25, 0.3) is 0 Å². The smallest absolute Gasteiger partial charge is 0.303 e. The van der Waals surface area contributed by atoms with Gasteiger partial charge in [0.25, 0.3) is 0 Å². The van der Waals surface area contributed by atoms with Crippen molar-refractivity contribution in [2.45, 2.75) is 179 Å². The summed E-state index contributed by atoms with van der Waals surface area (Å²) in [5.41, 5.74) is -0.457. The second-order valence-electron chi connectivity index (χ2n) is 21.6. The van der Waals surface area contributed by atoms with Crippen molar-refractivity contribution in [3.63, 3.8) is 0 Å². The minimum absolute atomic E-state index is 0.0926. The van der Waals surface area contributed by atoms with E-state index < -0.39 is 233 Å². The maximum Gasteiger partial charge on any atom is 0.303 e. The van der Waals surface area contributed by atoms with Gasteiger partial charge in [0.2, 0.25) is 53.2 Å². The van der Waals surface area contributed by atoms with Crippen molar-refractivity contribution in [2.75, 3.05) is 52.9 Å². The SMILES string of the molecule is CNC(=O)CNC(=O)C(CCC(=O)O)NC(=O)C(CCC(=O)O)NC(=O)C(CCC(=O)O)NC(=O)C(CCC(=O)O)NC(=O)C(CCC(=O)O)NC(=O)C(CCC(=O)O)NC(=O)CCC(=O)NCCN(CCNC(C)(C)/C(C)=N\O)CCNC(C)(C)/C(C)=N\O. The van der Waals surface area contributed by atoms with Crippen molar-refractivity contribution in [1.82, 2.24) is 63.4 Å². The quantitative estimate of drug-likeness (QED) is 0.0155. The fourth-order valence-corrected chi connectivity index (χ4v) is 7.79. The Balaban J connectivity index is 6.61. The number of oxime groups is 2. The first-order chi connectivity index (χ1) is 42.0. The van der Waals surface area contributed by atoms with E-state index in [1.165, 1.54) is 7.05 Å². The van der Waals surface area contributed by atoms with Crippen LogP contribution in [0.15, 0.2) is 10.3 Å². The molecule has 0 aliphatic heterocycles. The molecule has 6 atom stereocenters. The molecule has 0 aromatic carbocycles. The van der Waals surface area contributed by atoms with Crippen molar-refractivity contribution in [3.05, 3.63) is 0 Å². The average molecular weight is 1290 g/mol. The number of nitrogens with zero attached hydrogens (tertiary/aromatic N) is 3. The predicted octanol–water partition coefficient (Wildman–Crippen LogP) is -4.42. The molecule has 0 heterocycles. The Kier molecular flexibility index (Phi) is 37.7. The molecule has 0 rings (SSSR count). The Morgan fingerprint density at radius 2 is 0.633 bits per heavy atom. The highest BCUT2D eigenvalue weighted by Gasteiger charge is 2.35. The van der Waals surface area contributed by atoms with Crippen LogP contribution in [0.3, 0.4) is 0 Å². The summed E-state index contributed by atoms with van der Waals surface area (Å²) in [4.78, 5) is 192. The molecule has 90 heavy (non-hydrogen) atoms. The van der Waals surface area contributed by atoms with E-state index in [1.54, 1.807) is 13.8 Å². The molecule has 19 N–H and O–H groups in total. The van der Waals surface area contributed by atoms with E-state index in [2.05, 4.69) is 68.8 Å². The van der Waals surface area contributed by atoms with E-state index >= 15 is 0 Å². The van der Waals surface area contributed by atoms with Gasteiger partial charge in [-0.05, 0) is 80.1 Å². The lowest BCUT2D eigenvalue weighted by molar-refractivity contribution is -0.141. The molecule has 0 aliphatic carbocycles. The fraction of sp³-hybridized carbons (Fsp3) is 0.679. The van der Waals surface area contributed by atoms with Gasteiger partial charge in [-0.3, -0.25) is 76.8 Å². The molecule has 508 valence electrons. The molecule has 0 aromatic heterocycles. The van der Waals surface area contributed by atoms with Crippen molar-refractivity contribution in [3.8, 4) is 0 Å². The van der Waals surface area contributed by atoms with E-state index in [0.29, 0.717) is 44.1 Å². The molecule has 37 heteroatoms. The number of carboxylic acids is 6. The van der Waals surface area contributed by atoms with Crippen molar-refractivity contribution < 1.29 is 113 Å². The maximum atomic E-state index is 14.0. The zero-order valence-electron chi connectivity index (χ0n) is 51.4. The molecule has 0 saturated carbocycles. The number of likely N-dealkylation sites (N-methyl/N-ethyl adjacent to an activating group) is 1. The highest BCUT2D eigenvalue weighted by atomic mass is 16.4. The number of hydrogen-bond acceptors (Lipinski definition) is 22. The number of carboxylic acid groups (broad SMARTS) is 6. The average Bonchev–Trinajstić information content (AvgIpc) is 1.51. The first-order valence-corrected chi connectivity index (χ1v) is 28.5. The number of hydrogen-bond donors (Lipinski definition) is 19. The van der Waals surface area contributed by atoms with E-state index in [0.717, 1.165) is 0 Å². The number of amides is 9. The van der Waals surface area contributed by atoms with E-state index in [4.69, 9.17) is 0 Å². The van der Waals surface area contributed by atoms with Crippen LogP contribution in [0, 0.1) is 0 Å². The first-order valence-electron chi connectivity index (χ1n) is 28.5. The van der Waals surface area contributed by atoms with Gasteiger partial charge in [0.05, 0.1) is 29.0 Å². The van der Waals surface area contributed by atoms with Crippen LogP contribution >= 0.6 is 0 Å². The monoisotopic (exact) mass is 1290 g/mol. The Bertz CT molecular complexity index is 2540. The maximum absolute atomic E-state index is 14.0. The fourth-order valence-electron chi connectivity index (χ4n) is 7.79. The summed E-state index contributed by atoms with van der Waals surface area (Å²) in [6.45, 7) is 12.1. The van der Waals surface area contributed by atoms with Gasteiger partial charge < -0.3 is 99.5 Å². The largest absolute Gasteiger partial charge is 0.481 e. The number of nitrogens with one attached hydrogen (secondary N) is 11. The Labute approximate surface area is 517 Å². The van der Waals surface area contributed by atoms with Gasteiger partial charge in [-0.25, -0.2) is 0 Å². The van der Waals surface area contributed by atoms with Gasteiger partial charge in [-0.2, -0.15) is 0 Å². The summed E-state index contributed by atoms with van der Waals surface area (Å²) >= 11 is 0. The Morgan fingerprint density at radius 1 is 0.367 bits per heavy atom. The third kappa shape index (κ3) is 35.0. The number of rotatable bonds is 48. The van der Waals surface area contributed by atoms with Crippen LogP contribution in [-0.2, 0) is 71.9 Å². The third-order valence-corrected chi connectivity index (χ3v) is 13.8. The summed E-state index contributed by atoms with van der Waals surface area (Å²) in [6, 6.07) is -11.3. The minimum Gasteiger partial charge on any atom is -0.481 e. The van der Waals surface area contributed by atoms with Crippen LogP contribution in [0.2, 0.25) is 0 Å². The Hall–Kier alpha value is -9.13. The van der Waals surface area contributed by atoms with Crippen LogP contribution in [-0.4, -0.2) is 247 Å². The molecule has 9 amide bonds. The second-order valence-corrected chi connectivity index (χ2v) is 21.6. The van der Waals surface area contributed by atoms with Gasteiger partial charge in [-0.15, -0.1) is 0 Å². The van der Waals surface area contributed by atoms with E-state index in [-0.39, 0.29) is 6.54 Å². The van der Waals surface area contributed by atoms with Gasteiger partial charge in [0, 0.05) is 97.7 Å². The highest BCUT2D eigenvalue weighted by molar-refractivity contribution is 5.98. The standard InChI is InChI=1S/C53H88N14O23/c1-29(65-89)52(3,4)57-23-26-67(27-24-58-53(5,6)30(2)66-90)25-22-55-37(68)14-15-38(69)59-32(9-17-41(73)74)47(84)61-34(11-19-43(77)78)49(86)63-36(13-21-45(81)82)51(88)64-35(12-20-44(79)80)50(87)62-33(10-18-42(75)76)48(85)60-31(8-16-40(71)72)46(83)56-28-39(70)54-7/h31-36,57-58,89-90H,8-28H2,1-7H3,(H,54,70)(H,55,68)(H,56,83)(H,59,69)(H,60,85)(H,61,84)(H,62,87)(H,63,86)(H,64,88)(H,71,72)(H,73,74)(H,75,76)(H,77,78)(H,79,80)(H,81,82)/b65-29-,66-30-. The molecule has 0 saturated heterocycles. The van der Waals surface area contributed by atoms with Gasteiger partial charge in [-0.1, -0.05) is 10.3 Å². The van der Waals surface area contributed by atoms with Crippen LogP contribution in [0.1, 0.15) is 131 Å². The summed E-state index contributed by atoms with van der Waals surface area (Å²) in [7, 11) is 1.24. The molecule has 37 nitrogen and oxygen atoms in total. The Morgan fingerprint density at radius 3 is 0.911 bits per heavy atom. The lowest BCUT2D eigenvalue weighted by Crippen LogP contribution is -2.60.